The van der Waals surface area contributed by atoms with Gasteiger partial charge in [0, 0.05) is 23.5 Å². The summed E-state index contributed by atoms with van der Waals surface area (Å²) in [5, 5.41) is 15.3. The first-order valence-electron chi connectivity index (χ1n) is 12.7. The summed E-state index contributed by atoms with van der Waals surface area (Å²) in [5.41, 5.74) is 1.89. The SMILES string of the molecule is CC(C)(C)OC(=O)COC1CCC(NC(=O)c2cc3cc(C(=N)NCc4ccccc4)ccc3o2)CC1. The van der Waals surface area contributed by atoms with Crippen molar-refractivity contribution >= 4 is 28.7 Å². The predicted octanol–water partition coefficient (Wildman–Crippen LogP) is 4.95. The molecule has 0 radical (unpaired) electrons. The van der Waals surface area contributed by atoms with E-state index in [1.165, 1.54) is 0 Å². The van der Waals surface area contributed by atoms with Crippen LogP contribution < -0.4 is 10.6 Å². The number of amides is 1. The van der Waals surface area contributed by atoms with Gasteiger partial charge in [0.1, 0.15) is 23.6 Å². The molecule has 196 valence electrons. The topological polar surface area (TPSA) is 114 Å². The Morgan fingerprint density at radius 1 is 1.03 bits per heavy atom. The lowest BCUT2D eigenvalue weighted by Crippen LogP contribution is -2.39. The number of benzene rings is 2. The van der Waals surface area contributed by atoms with Crippen LogP contribution in [0.3, 0.4) is 0 Å². The molecule has 0 saturated heterocycles. The van der Waals surface area contributed by atoms with E-state index in [4.69, 9.17) is 19.3 Å². The summed E-state index contributed by atoms with van der Waals surface area (Å²) < 4.78 is 16.8. The minimum Gasteiger partial charge on any atom is -0.458 e. The number of hydrogen-bond acceptors (Lipinski definition) is 6. The highest BCUT2D eigenvalue weighted by molar-refractivity contribution is 6.01. The summed E-state index contributed by atoms with van der Waals surface area (Å²) in [5.74, 6) is -0.0611. The van der Waals surface area contributed by atoms with Crippen molar-refractivity contribution in [3.63, 3.8) is 0 Å². The predicted molar refractivity (Wildman–Crippen MR) is 142 cm³/mol. The molecule has 0 atom stereocenters. The van der Waals surface area contributed by atoms with Gasteiger partial charge in [0.05, 0.1) is 6.10 Å². The first kappa shape index (κ1) is 26.4. The summed E-state index contributed by atoms with van der Waals surface area (Å²) in [7, 11) is 0. The monoisotopic (exact) mass is 505 g/mol. The highest BCUT2D eigenvalue weighted by Crippen LogP contribution is 2.24. The first-order chi connectivity index (χ1) is 17.7. The quantitative estimate of drug-likeness (QED) is 0.227. The Hall–Kier alpha value is -3.65. The van der Waals surface area contributed by atoms with Crippen LogP contribution in [0.5, 0.6) is 0 Å². The lowest BCUT2D eigenvalue weighted by Gasteiger charge is -2.29. The Bertz CT molecular complexity index is 1240. The molecule has 4 rings (SSSR count). The zero-order valence-electron chi connectivity index (χ0n) is 21.6. The molecule has 1 heterocycles. The third-order valence-corrected chi connectivity index (χ3v) is 6.21. The van der Waals surface area contributed by atoms with Gasteiger partial charge in [-0.25, -0.2) is 4.79 Å². The van der Waals surface area contributed by atoms with Gasteiger partial charge >= 0.3 is 5.97 Å². The average Bonchev–Trinajstić information content (AvgIpc) is 3.30. The van der Waals surface area contributed by atoms with Crippen molar-refractivity contribution in [1.29, 1.82) is 5.41 Å². The molecule has 1 amide bonds. The number of ether oxygens (including phenoxy) is 2. The fourth-order valence-corrected chi connectivity index (χ4v) is 4.39. The Balaban J connectivity index is 1.26. The van der Waals surface area contributed by atoms with Crippen molar-refractivity contribution in [2.24, 2.45) is 0 Å². The molecule has 1 saturated carbocycles. The van der Waals surface area contributed by atoms with Crippen molar-refractivity contribution in [3.8, 4) is 0 Å². The molecule has 2 aromatic carbocycles. The van der Waals surface area contributed by atoms with Gasteiger partial charge in [0.2, 0.25) is 0 Å². The lowest BCUT2D eigenvalue weighted by molar-refractivity contribution is -0.162. The summed E-state index contributed by atoms with van der Waals surface area (Å²) in [4.78, 5) is 24.7. The van der Waals surface area contributed by atoms with E-state index >= 15 is 0 Å². The molecule has 0 aliphatic heterocycles. The number of carbonyl (C=O) groups excluding carboxylic acids is 2. The van der Waals surface area contributed by atoms with Gasteiger partial charge in [-0.15, -0.1) is 0 Å². The summed E-state index contributed by atoms with van der Waals surface area (Å²) in [6, 6.07) is 17.1. The van der Waals surface area contributed by atoms with Crippen LogP contribution in [0.15, 0.2) is 59.0 Å². The van der Waals surface area contributed by atoms with Crippen molar-refractivity contribution in [1.82, 2.24) is 10.6 Å². The molecular weight excluding hydrogens is 470 g/mol. The number of fused-ring (bicyclic) bond motifs is 1. The second kappa shape index (κ2) is 11.6. The molecule has 0 unspecified atom stereocenters. The maximum Gasteiger partial charge on any atom is 0.332 e. The van der Waals surface area contributed by atoms with E-state index in [0.717, 1.165) is 42.2 Å². The van der Waals surface area contributed by atoms with E-state index < -0.39 is 5.60 Å². The fourth-order valence-electron chi connectivity index (χ4n) is 4.39. The minimum atomic E-state index is -0.526. The first-order valence-corrected chi connectivity index (χ1v) is 12.7. The third-order valence-electron chi connectivity index (χ3n) is 6.21. The fraction of sp³-hybridized carbons (Fsp3) is 0.414. The number of hydrogen-bond donors (Lipinski definition) is 3. The van der Waals surface area contributed by atoms with Gasteiger partial charge in [0.25, 0.3) is 5.91 Å². The number of carbonyl (C=O) groups is 2. The molecular formula is C29H35N3O5. The second-order valence-corrected chi connectivity index (χ2v) is 10.4. The summed E-state index contributed by atoms with van der Waals surface area (Å²) in [6.07, 6.45) is 3.03. The molecule has 0 spiro atoms. The van der Waals surface area contributed by atoms with E-state index in [-0.39, 0.29) is 36.4 Å². The van der Waals surface area contributed by atoms with Gasteiger partial charge in [-0.1, -0.05) is 30.3 Å². The largest absolute Gasteiger partial charge is 0.458 e. The molecule has 1 aromatic heterocycles. The number of nitrogens with one attached hydrogen (secondary N) is 3. The Kier molecular flexibility index (Phi) is 8.28. The van der Waals surface area contributed by atoms with Gasteiger partial charge < -0.3 is 24.5 Å². The molecule has 3 aromatic rings. The average molecular weight is 506 g/mol. The molecule has 8 heteroatoms. The van der Waals surface area contributed by atoms with Crippen molar-refractivity contribution in [2.45, 2.75) is 70.7 Å². The Morgan fingerprint density at radius 2 is 1.76 bits per heavy atom. The van der Waals surface area contributed by atoms with E-state index in [1.54, 1.807) is 12.1 Å². The van der Waals surface area contributed by atoms with Gasteiger partial charge in [-0.05, 0) is 76.3 Å². The summed E-state index contributed by atoms with van der Waals surface area (Å²) >= 11 is 0. The zero-order chi connectivity index (χ0) is 26.4. The Labute approximate surface area is 217 Å². The van der Waals surface area contributed by atoms with Crippen LogP contribution in [0, 0.1) is 5.41 Å². The van der Waals surface area contributed by atoms with Crippen LogP contribution in [0.1, 0.15) is 68.1 Å². The smallest absolute Gasteiger partial charge is 0.332 e. The normalized spacial score (nSPS) is 17.8. The van der Waals surface area contributed by atoms with Gasteiger partial charge in [-0.2, -0.15) is 0 Å². The summed E-state index contributed by atoms with van der Waals surface area (Å²) in [6.45, 7) is 5.99. The van der Waals surface area contributed by atoms with Crippen LogP contribution in [-0.2, 0) is 20.8 Å². The standard InChI is InChI=1S/C29H35N3O5/c1-29(2,3)37-26(33)18-35-23-12-10-22(11-13-23)32-28(34)25-16-21-15-20(9-14-24(21)36-25)27(30)31-17-19-7-5-4-6-8-19/h4-9,14-16,22-23H,10-13,17-18H2,1-3H3,(H2,30,31)(H,32,34). The second-order valence-electron chi connectivity index (χ2n) is 10.4. The highest BCUT2D eigenvalue weighted by atomic mass is 16.6. The maximum atomic E-state index is 12.8. The van der Waals surface area contributed by atoms with E-state index in [9.17, 15) is 9.59 Å². The van der Waals surface area contributed by atoms with E-state index in [2.05, 4.69) is 10.6 Å². The van der Waals surface area contributed by atoms with Crippen molar-refractivity contribution in [2.75, 3.05) is 6.61 Å². The number of rotatable bonds is 8. The van der Waals surface area contributed by atoms with E-state index in [1.807, 2.05) is 63.2 Å². The minimum absolute atomic E-state index is 0.0175. The Morgan fingerprint density at radius 3 is 2.46 bits per heavy atom. The van der Waals surface area contributed by atoms with Gasteiger partial charge in [0.15, 0.2) is 5.76 Å². The highest BCUT2D eigenvalue weighted by Gasteiger charge is 2.26. The number of esters is 1. The molecule has 1 aliphatic carbocycles. The molecule has 1 fully saturated rings. The van der Waals surface area contributed by atoms with E-state index in [0.29, 0.717) is 18.0 Å². The molecule has 37 heavy (non-hydrogen) atoms. The number of furan rings is 1. The molecule has 0 bridgehead atoms. The number of amidine groups is 1. The molecule has 3 N–H and O–H groups in total. The molecule has 1 aliphatic rings. The zero-order valence-corrected chi connectivity index (χ0v) is 21.6. The third kappa shape index (κ3) is 7.67. The van der Waals surface area contributed by atoms with Crippen LogP contribution in [0.25, 0.3) is 11.0 Å². The molecule has 8 nitrogen and oxygen atoms in total. The van der Waals surface area contributed by atoms with Crippen LogP contribution in [-0.4, -0.2) is 42.1 Å². The van der Waals surface area contributed by atoms with Crippen LogP contribution in [0.4, 0.5) is 0 Å². The van der Waals surface area contributed by atoms with Crippen molar-refractivity contribution < 1.29 is 23.5 Å². The van der Waals surface area contributed by atoms with Crippen LogP contribution >= 0.6 is 0 Å². The lowest BCUT2D eigenvalue weighted by atomic mass is 9.93. The van der Waals surface area contributed by atoms with Gasteiger partial charge in [-0.3, -0.25) is 10.2 Å². The maximum absolute atomic E-state index is 12.8. The van der Waals surface area contributed by atoms with Crippen molar-refractivity contribution in [3.05, 3.63) is 71.5 Å². The van der Waals surface area contributed by atoms with Crippen LogP contribution in [0.2, 0.25) is 0 Å².